The van der Waals surface area contributed by atoms with Gasteiger partial charge in [0.1, 0.15) is 5.75 Å². The molecule has 1 N–H and O–H groups in total. The number of rotatable bonds is 6. The van der Waals surface area contributed by atoms with Crippen LogP contribution >= 0.6 is 11.6 Å². The van der Waals surface area contributed by atoms with Crippen molar-refractivity contribution in [1.82, 2.24) is 4.57 Å². The maximum Gasteiger partial charge on any atom is 0.306 e. The van der Waals surface area contributed by atoms with Crippen molar-refractivity contribution in [2.75, 3.05) is 7.11 Å². The summed E-state index contributed by atoms with van der Waals surface area (Å²) < 4.78 is 7.56. The van der Waals surface area contributed by atoms with Crippen molar-refractivity contribution in [2.24, 2.45) is 5.92 Å². The molecule has 0 amide bonds. The van der Waals surface area contributed by atoms with Crippen molar-refractivity contribution in [3.05, 3.63) is 64.3 Å². The monoisotopic (exact) mass is 371 g/mol. The van der Waals surface area contributed by atoms with Gasteiger partial charge in [0.2, 0.25) is 0 Å². The molecule has 3 rings (SSSR count). The Balaban J connectivity index is 2.13. The molecule has 1 atom stereocenters. The van der Waals surface area contributed by atoms with Crippen LogP contribution in [0.2, 0.25) is 5.02 Å². The topological polar surface area (TPSA) is 51.5 Å². The summed E-state index contributed by atoms with van der Waals surface area (Å²) in [6.07, 6.45) is 0.478. The molecule has 0 saturated heterocycles. The zero-order valence-corrected chi connectivity index (χ0v) is 15.9. The Hall–Kier alpha value is -2.46. The number of ether oxygens (including phenoxy) is 1. The van der Waals surface area contributed by atoms with Gasteiger partial charge in [0.05, 0.1) is 13.0 Å². The average Bonchev–Trinajstić information content (AvgIpc) is 2.88. The summed E-state index contributed by atoms with van der Waals surface area (Å²) in [5.41, 5.74) is 4.33. The molecular formula is C21H22ClNO3. The van der Waals surface area contributed by atoms with E-state index in [0.29, 0.717) is 18.0 Å². The number of fused-ring (bicyclic) bond motifs is 1. The molecule has 0 radical (unpaired) electrons. The van der Waals surface area contributed by atoms with Crippen molar-refractivity contribution in [2.45, 2.75) is 26.8 Å². The van der Waals surface area contributed by atoms with Crippen molar-refractivity contribution in [1.29, 1.82) is 0 Å². The first-order valence-corrected chi connectivity index (χ1v) is 8.91. The number of carbonyl (C=O) groups is 1. The molecule has 0 fully saturated rings. The Morgan fingerprint density at radius 2 is 1.92 bits per heavy atom. The predicted octanol–water partition coefficient (Wildman–Crippen LogP) is 4.92. The standard InChI is InChI=1S/C21H22ClNO3/c1-13(21(24)25)10-20-14(2)18-11-17(26-3)8-9-19(18)23(20)12-15-4-6-16(22)7-5-15/h4-9,11,13H,10,12H2,1-3H3,(H,24,25). The molecule has 0 aliphatic carbocycles. The highest BCUT2D eigenvalue weighted by molar-refractivity contribution is 6.30. The number of aromatic nitrogens is 1. The van der Waals surface area contributed by atoms with E-state index < -0.39 is 11.9 Å². The minimum absolute atomic E-state index is 0.455. The summed E-state index contributed by atoms with van der Waals surface area (Å²) >= 11 is 6.00. The molecule has 5 heteroatoms. The first-order chi connectivity index (χ1) is 12.4. The van der Waals surface area contributed by atoms with E-state index in [9.17, 15) is 9.90 Å². The van der Waals surface area contributed by atoms with Gasteiger partial charge >= 0.3 is 5.97 Å². The van der Waals surface area contributed by atoms with E-state index in [0.717, 1.165) is 33.5 Å². The number of hydrogen-bond donors (Lipinski definition) is 1. The minimum atomic E-state index is -0.787. The number of carboxylic acid groups (broad SMARTS) is 1. The molecule has 0 aliphatic rings. The molecule has 2 aromatic carbocycles. The number of hydrogen-bond acceptors (Lipinski definition) is 2. The highest BCUT2D eigenvalue weighted by Gasteiger charge is 2.20. The molecule has 0 spiro atoms. The fraction of sp³-hybridized carbons (Fsp3) is 0.286. The Bertz CT molecular complexity index is 944. The van der Waals surface area contributed by atoms with E-state index in [1.54, 1.807) is 14.0 Å². The van der Waals surface area contributed by atoms with Gasteiger partial charge in [-0.25, -0.2) is 0 Å². The Kier molecular flexibility index (Phi) is 5.23. The van der Waals surface area contributed by atoms with Crippen LogP contribution < -0.4 is 4.74 Å². The zero-order chi connectivity index (χ0) is 18.8. The molecule has 4 nitrogen and oxygen atoms in total. The normalized spacial score (nSPS) is 12.3. The molecule has 0 bridgehead atoms. The first-order valence-electron chi connectivity index (χ1n) is 8.53. The van der Waals surface area contributed by atoms with Crippen molar-refractivity contribution in [3.63, 3.8) is 0 Å². The van der Waals surface area contributed by atoms with Crippen LogP contribution in [0.15, 0.2) is 42.5 Å². The van der Waals surface area contributed by atoms with Crippen LogP contribution in [0.3, 0.4) is 0 Å². The smallest absolute Gasteiger partial charge is 0.306 e. The molecular weight excluding hydrogens is 350 g/mol. The fourth-order valence-electron chi connectivity index (χ4n) is 3.27. The largest absolute Gasteiger partial charge is 0.497 e. The van der Waals surface area contributed by atoms with Crippen LogP contribution in [0, 0.1) is 12.8 Å². The first kappa shape index (κ1) is 18.3. The van der Waals surface area contributed by atoms with Crippen LogP contribution in [0.25, 0.3) is 10.9 Å². The molecule has 3 aromatic rings. The lowest BCUT2D eigenvalue weighted by molar-refractivity contribution is -0.141. The van der Waals surface area contributed by atoms with Crippen LogP contribution in [0.5, 0.6) is 5.75 Å². The average molecular weight is 372 g/mol. The fourth-order valence-corrected chi connectivity index (χ4v) is 3.40. The van der Waals surface area contributed by atoms with Gasteiger partial charge in [0.15, 0.2) is 0 Å². The van der Waals surface area contributed by atoms with Crippen LogP contribution in [0.4, 0.5) is 0 Å². The lowest BCUT2D eigenvalue weighted by Gasteiger charge is -2.14. The number of benzene rings is 2. The number of halogens is 1. The molecule has 26 heavy (non-hydrogen) atoms. The Labute approximate surface area is 158 Å². The van der Waals surface area contributed by atoms with Gasteiger partial charge in [-0.1, -0.05) is 30.7 Å². The van der Waals surface area contributed by atoms with E-state index in [4.69, 9.17) is 16.3 Å². The third-order valence-corrected chi connectivity index (χ3v) is 5.08. The Morgan fingerprint density at radius 3 is 2.54 bits per heavy atom. The lowest BCUT2D eigenvalue weighted by atomic mass is 10.0. The third kappa shape index (κ3) is 3.56. The van der Waals surface area contributed by atoms with Gasteiger partial charge < -0.3 is 14.4 Å². The SMILES string of the molecule is COc1ccc2c(c1)c(C)c(CC(C)C(=O)O)n2Cc1ccc(Cl)cc1. The second kappa shape index (κ2) is 7.42. The Morgan fingerprint density at radius 1 is 1.23 bits per heavy atom. The number of aryl methyl sites for hydroxylation is 1. The maximum atomic E-state index is 11.4. The van der Waals surface area contributed by atoms with Crippen LogP contribution in [-0.2, 0) is 17.8 Å². The van der Waals surface area contributed by atoms with Gasteiger partial charge in [-0.05, 0) is 48.4 Å². The van der Waals surface area contributed by atoms with E-state index in [1.165, 1.54) is 0 Å². The van der Waals surface area contributed by atoms with Crippen LogP contribution in [0.1, 0.15) is 23.7 Å². The van der Waals surface area contributed by atoms with E-state index in [1.807, 2.05) is 49.4 Å². The summed E-state index contributed by atoms with van der Waals surface area (Å²) in [7, 11) is 1.65. The second-order valence-electron chi connectivity index (χ2n) is 6.61. The second-order valence-corrected chi connectivity index (χ2v) is 7.05. The highest BCUT2D eigenvalue weighted by Crippen LogP contribution is 2.31. The molecule has 1 heterocycles. The van der Waals surface area contributed by atoms with E-state index in [-0.39, 0.29) is 0 Å². The van der Waals surface area contributed by atoms with Crippen molar-refractivity contribution in [3.8, 4) is 5.75 Å². The number of carboxylic acids is 1. The molecule has 1 aromatic heterocycles. The highest BCUT2D eigenvalue weighted by atomic mass is 35.5. The van der Waals surface area contributed by atoms with Gasteiger partial charge in [0, 0.05) is 34.6 Å². The number of nitrogens with zero attached hydrogens (tertiary/aromatic N) is 1. The summed E-state index contributed by atoms with van der Waals surface area (Å²) in [6.45, 7) is 4.45. The van der Waals surface area contributed by atoms with Gasteiger partial charge in [0.25, 0.3) is 0 Å². The van der Waals surface area contributed by atoms with Crippen LogP contribution in [-0.4, -0.2) is 22.8 Å². The third-order valence-electron chi connectivity index (χ3n) is 4.83. The lowest BCUT2D eigenvalue weighted by Crippen LogP contribution is -2.16. The number of aliphatic carboxylic acids is 1. The van der Waals surface area contributed by atoms with Gasteiger partial charge in [-0.3, -0.25) is 4.79 Å². The molecule has 0 aliphatic heterocycles. The summed E-state index contributed by atoms with van der Waals surface area (Å²) in [5.74, 6) is -0.448. The molecule has 1 unspecified atom stereocenters. The summed E-state index contributed by atoms with van der Waals surface area (Å²) in [5, 5.41) is 11.1. The van der Waals surface area contributed by atoms with Crippen molar-refractivity contribution >= 4 is 28.5 Å². The van der Waals surface area contributed by atoms with E-state index >= 15 is 0 Å². The molecule has 0 saturated carbocycles. The zero-order valence-electron chi connectivity index (χ0n) is 15.1. The quantitative estimate of drug-likeness (QED) is 0.668. The summed E-state index contributed by atoms with van der Waals surface area (Å²) in [6, 6.07) is 13.7. The predicted molar refractivity (Wildman–Crippen MR) is 104 cm³/mol. The minimum Gasteiger partial charge on any atom is -0.497 e. The van der Waals surface area contributed by atoms with Crippen molar-refractivity contribution < 1.29 is 14.6 Å². The van der Waals surface area contributed by atoms with E-state index in [2.05, 4.69) is 4.57 Å². The number of methoxy groups -OCH3 is 1. The summed E-state index contributed by atoms with van der Waals surface area (Å²) in [4.78, 5) is 11.4. The maximum absolute atomic E-state index is 11.4. The van der Waals surface area contributed by atoms with Gasteiger partial charge in [-0.2, -0.15) is 0 Å². The molecule has 136 valence electrons. The van der Waals surface area contributed by atoms with Gasteiger partial charge in [-0.15, -0.1) is 0 Å².